The fourth-order valence-corrected chi connectivity index (χ4v) is 3.39. The van der Waals surface area contributed by atoms with E-state index >= 15 is 0 Å². The van der Waals surface area contributed by atoms with Gasteiger partial charge in [-0.1, -0.05) is 38.7 Å². The summed E-state index contributed by atoms with van der Waals surface area (Å²) in [6, 6.07) is 0. The monoisotopic (exact) mass is 237 g/mol. The summed E-state index contributed by atoms with van der Waals surface area (Å²) in [4.78, 5) is 0. The summed E-state index contributed by atoms with van der Waals surface area (Å²) >= 11 is 0. The van der Waals surface area contributed by atoms with E-state index < -0.39 is 0 Å². The average molecular weight is 237 g/mol. The molecule has 0 amide bonds. The van der Waals surface area contributed by atoms with E-state index in [0.717, 1.165) is 24.3 Å². The molecule has 1 heteroatoms. The van der Waals surface area contributed by atoms with Crippen molar-refractivity contribution in [1.82, 2.24) is 5.32 Å². The number of allylic oxidation sites excluding steroid dienone is 1. The topological polar surface area (TPSA) is 12.0 Å². The molecule has 1 rings (SSSR count). The first kappa shape index (κ1) is 14.8. The molecule has 1 aliphatic rings. The molecule has 1 nitrogen and oxygen atoms in total. The van der Waals surface area contributed by atoms with Crippen molar-refractivity contribution < 1.29 is 0 Å². The second kappa shape index (κ2) is 7.92. The van der Waals surface area contributed by atoms with Gasteiger partial charge in [0, 0.05) is 0 Å². The fraction of sp³-hybridized carbons (Fsp3) is 0.875. The lowest BCUT2D eigenvalue weighted by atomic mass is 9.70. The minimum Gasteiger partial charge on any atom is -0.317 e. The predicted molar refractivity (Wildman–Crippen MR) is 77.2 cm³/mol. The van der Waals surface area contributed by atoms with Crippen molar-refractivity contribution in [3.8, 4) is 0 Å². The molecular formula is C16H31N. The van der Waals surface area contributed by atoms with Crippen LogP contribution in [-0.4, -0.2) is 13.1 Å². The van der Waals surface area contributed by atoms with E-state index in [-0.39, 0.29) is 0 Å². The summed E-state index contributed by atoms with van der Waals surface area (Å²) < 4.78 is 0. The molecule has 0 aliphatic heterocycles. The molecule has 0 bridgehead atoms. The lowest BCUT2D eigenvalue weighted by Crippen LogP contribution is -2.33. The highest BCUT2D eigenvalue weighted by Crippen LogP contribution is 2.38. The van der Waals surface area contributed by atoms with Crippen LogP contribution >= 0.6 is 0 Å². The summed E-state index contributed by atoms with van der Waals surface area (Å²) in [6.45, 7) is 13.1. The van der Waals surface area contributed by atoms with E-state index in [0.29, 0.717) is 0 Å². The van der Waals surface area contributed by atoms with Crippen molar-refractivity contribution in [3.05, 3.63) is 12.2 Å². The van der Waals surface area contributed by atoms with Crippen LogP contribution < -0.4 is 5.32 Å². The summed E-state index contributed by atoms with van der Waals surface area (Å²) in [5, 5.41) is 3.54. The van der Waals surface area contributed by atoms with E-state index in [9.17, 15) is 0 Å². The van der Waals surface area contributed by atoms with Crippen LogP contribution in [0, 0.1) is 17.8 Å². The molecule has 0 heterocycles. The summed E-state index contributed by atoms with van der Waals surface area (Å²) in [7, 11) is 0. The van der Waals surface area contributed by atoms with Gasteiger partial charge in [0.25, 0.3) is 0 Å². The number of hydrogen-bond donors (Lipinski definition) is 1. The summed E-state index contributed by atoms with van der Waals surface area (Å²) in [6.07, 6.45) is 8.35. The Morgan fingerprint density at radius 2 is 2.00 bits per heavy atom. The Hall–Kier alpha value is -0.300. The second-order valence-electron chi connectivity index (χ2n) is 5.96. The van der Waals surface area contributed by atoms with Crippen LogP contribution in [0.25, 0.3) is 0 Å². The number of hydrogen-bond acceptors (Lipinski definition) is 1. The zero-order valence-electron chi connectivity index (χ0n) is 12.1. The van der Waals surface area contributed by atoms with Gasteiger partial charge in [0.15, 0.2) is 0 Å². The third-order valence-electron chi connectivity index (χ3n) is 4.21. The highest BCUT2D eigenvalue weighted by molar-refractivity contribution is 4.94. The zero-order valence-corrected chi connectivity index (χ0v) is 12.1. The first-order valence-corrected chi connectivity index (χ1v) is 7.52. The smallest absolute Gasteiger partial charge is 0.00179 e. The first-order valence-electron chi connectivity index (χ1n) is 7.52. The van der Waals surface area contributed by atoms with Gasteiger partial charge in [-0.15, -0.1) is 6.58 Å². The number of rotatable bonds is 7. The van der Waals surface area contributed by atoms with E-state index in [2.05, 4.69) is 32.7 Å². The lowest BCUT2D eigenvalue weighted by molar-refractivity contribution is 0.168. The maximum absolute atomic E-state index is 4.11. The Labute approximate surface area is 108 Å². The van der Waals surface area contributed by atoms with E-state index in [4.69, 9.17) is 0 Å². The van der Waals surface area contributed by atoms with Crippen LogP contribution in [0.4, 0.5) is 0 Å². The molecule has 100 valence electrons. The molecule has 0 saturated heterocycles. The van der Waals surface area contributed by atoms with Crippen LogP contribution in [0.5, 0.6) is 0 Å². The largest absolute Gasteiger partial charge is 0.317 e. The Balaban J connectivity index is 2.49. The fourth-order valence-electron chi connectivity index (χ4n) is 3.39. The molecule has 1 N–H and O–H groups in total. The summed E-state index contributed by atoms with van der Waals surface area (Å²) in [5.74, 6) is 2.76. The molecule has 3 atom stereocenters. The molecule has 0 aromatic heterocycles. The van der Waals surface area contributed by atoms with Crippen molar-refractivity contribution in [2.24, 2.45) is 17.8 Å². The highest BCUT2D eigenvalue weighted by atomic mass is 14.8. The standard InChI is InChI=1S/C16H31N/c1-5-7-14-8-9-15(12-17-6-2)16(11-14)10-13(3)4/h14-17H,3,5-12H2,1-2,4H3. The van der Waals surface area contributed by atoms with Gasteiger partial charge < -0.3 is 5.32 Å². The zero-order chi connectivity index (χ0) is 12.7. The van der Waals surface area contributed by atoms with E-state index in [1.165, 1.54) is 50.6 Å². The van der Waals surface area contributed by atoms with Crippen LogP contribution in [0.15, 0.2) is 12.2 Å². The Morgan fingerprint density at radius 3 is 2.59 bits per heavy atom. The van der Waals surface area contributed by atoms with Gasteiger partial charge in [0.2, 0.25) is 0 Å². The molecular weight excluding hydrogens is 206 g/mol. The van der Waals surface area contributed by atoms with Gasteiger partial charge in [-0.25, -0.2) is 0 Å². The van der Waals surface area contributed by atoms with Crippen LogP contribution in [0.3, 0.4) is 0 Å². The SMILES string of the molecule is C=C(C)CC1CC(CCC)CCC1CNCC. The maximum atomic E-state index is 4.11. The van der Waals surface area contributed by atoms with Crippen LogP contribution in [0.1, 0.15) is 59.3 Å². The highest BCUT2D eigenvalue weighted by Gasteiger charge is 2.29. The number of nitrogens with one attached hydrogen (secondary N) is 1. The maximum Gasteiger partial charge on any atom is -0.00179 e. The Kier molecular flexibility index (Phi) is 6.87. The third kappa shape index (κ3) is 5.25. The third-order valence-corrected chi connectivity index (χ3v) is 4.21. The molecule has 1 aliphatic carbocycles. The first-order chi connectivity index (χ1) is 8.17. The molecule has 1 saturated carbocycles. The van der Waals surface area contributed by atoms with Crippen LogP contribution in [0.2, 0.25) is 0 Å². The summed E-state index contributed by atoms with van der Waals surface area (Å²) in [5.41, 5.74) is 1.37. The van der Waals surface area contributed by atoms with Gasteiger partial charge in [-0.05, 0) is 57.0 Å². The van der Waals surface area contributed by atoms with Crippen molar-refractivity contribution in [3.63, 3.8) is 0 Å². The predicted octanol–water partition coefficient (Wildman–Crippen LogP) is 4.39. The molecule has 0 radical (unpaired) electrons. The Morgan fingerprint density at radius 1 is 1.24 bits per heavy atom. The molecule has 17 heavy (non-hydrogen) atoms. The van der Waals surface area contributed by atoms with Gasteiger partial charge >= 0.3 is 0 Å². The lowest BCUT2D eigenvalue weighted by Gasteiger charge is -2.36. The van der Waals surface area contributed by atoms with E-state index in [1.54, 1.807) is 0 Å². The molecule has 0 aromatic rings. The van der Waals surface area contributed by atoms with Crippen molar-refractivity contribution in [1.29, 1.82) is 0 Å². The van der Waals surface area contributed by atoms with Gasteiger partial charge in [0.05, 0.1) is 0 Å². The van der Waals surface area contributed by atoms with Gasteiger partial charge in [-0.2, -0.15) is 0 Å². The Bertz CT molecular complexity index is 222. The normalized spacial score (nSPS) is 29.2. The molecule has 1 fully saturated rings. The van der Waals surface area contributed by atoms with Crippen molar-refractivity contribution in [2.75, 3.05) is 13.1 Å². The van der Waals surface area contributed by atoms with E-state index in [1.807, 2.05) is 0 Å². The van der Waals surface area contributed by atoms with Crippen molar-refractivity contribution in [2.45, 2.75) is 59.3 Å². The molecule has 0 aromatic carbocycles. The quantitative estimate of drug-likeness (QED) is 0.647. The minimum atomic E-state index is 0.886. The minimum absolute atomic E-state index is 0.886. The van der Waals surface area contributed by atoms with Gasteiger partial charge in [-0.3, -0.25) is 0 Å². The van der Waals surface area contributed by atoms with Gasteiger partial charge in [0.1, 0.15) is 0 Å². The second-order valence-corrected chi connectivity index (χ2v) is 5.96. The average Bonchev–Trinajstić information content (AvgIpc) is 2.28. The van der Waals surface area contributed by atoms with Crippen LogP contribution in [-0.2, 0) is 0 Å². The molecule has 0 spiro atoms. The van der Waals surface area contributed by atoms with Crippen molar-refractivity contribution >= 4 is 0 Å². The molecule has 3 unspecified atom stereocenters.